The molecule has 0 unspecified atom stereocenters. The predicted molar refractivity (Wildman–Crippen MR) is 84.8 cm³/mol. The zero-order valence-corrected chi connectivity index (χ0v) is 13.9. The van der Waals surface area contributed by atoms with E-state index in [1.165, 1.54) is 0 Å². The van der Waals surface area contributed by atoms with Crippen LogP contribution in [0.15, 0.2) is 34.9 Å². The van der Waals surface area contributed by atoms with Crippen LogP contribution < -0.4 is 10.1 Å². The highest BCUT2D eigenvalue weighted by atomic mass is 79.9. The Labute approximate surface area is 135 Å². The third-order valence-electron chi connectivity index (χ3n) is 2.49. The van der Waals surface area contributed by atoms with Crippen molar-refractivity contribution in [3.63, 3.8) is 0 Å². The Morgan fingerprint density at radius 1 is 1.23 bits per heavy atom. The summed E-state index contributed by atoms with van der Waals surface area (Å²) in [7, 11) is 0. The first kappa shape index (κ1) is 16.2. The Balaban J connectivity index is 2.06. The van der Waals surface area contributed by atoms with Crippen LogP contribution in [0, 0.1) is 0 Å². The molecule has 0 aliphatic heterocycles. The molecule has 1 heterocycles. The summed E-state index contributed by atoms with van der Waals surface area (Å²) in [6.45, 7) is 5.08. The number of fused-ring (bicyclic) bond motifs is 1. The fourth-order valence-electron chi connectivity index (χ4n) is 1.68. The topological polar surface area (TPSA) is 77.5 Å². The average Bonchev–Trinajstić information content (AvgIpc) is 2.37. The van der Waals surface area contributed by atoms with E-state index in [1.807, 2.05) is 23.5 Å². The number of benzene rings is 1. The lowest BCUT2D eigenvalue weighted by molar-refractivity contribution is 0.0533. The lowest BCUT2D eigenvalue weighted by atomic mass is 10.2. The largest absolute Gasteiger partial charge is 0.443 e. The van der Waals surface area contributed by atoms with Crippen LogP contribution in [0.25, 0.3) is 10.8 Å². The molecule has 6 nitrogen and oxygen atoms in total. The maximum Gasteiger partial charge on any atom is 0.423 e. The summed E-state index contributed by atoms with van der Waals surface area (Å²) in [5.41, 5.74) is -0.698. The van der Waals surface area contributed by atoms with E-state index in [0.29, 0.717) is 0 Å². The standard InChI is InChI=1S/C15H15BrN2O4/c1-15(2,3)22-14(20)18-13(19)21-12-7-10-9(8-17-12)5-4-6-11(10)16/h4-8H,1-3H3,(H,18,19,20). The number of nitrogens with one attached hydrogen (secondary N) is 1. The molecule has 0 aliphatic rings. The van der Waals surface area contributed by atoms with Crippen LogP contribution in [-0.4, -0.2) is 22.8 Å². The molecule has 0 bridgehead atoms. The van der Waals surface area contributed by atoms with E-state index in [9.17, 15) is 9.59 Å². The van der Waals surface area contributed by atoms with Crippen LogP contribution in [0.5, 0.6) is 5.88 Å². The molecular formula is C15H15BrN2O4. The van der Waals surface area contributed by atoms with Gasteiger partial charge in [-0.2, -0.15) is 0 Å². The molecule has 0 fully saturated rings. The van der Waals surface area contributed by atoms with Gasteiger partial charge in [-0.15, -0.1) is 0 Å². The minimum absolute atomic E-state index is 0.0838. The Hall–Kier alpha value is -2.15. The molecule has 2 amide bonds. The van der Waals surface area contributed by atoms with E-state index in [-0.39, 0.29) is 5.88 Å². The molecule has 0 aliphatic carbocycles. The second kappa shape index (κ2) is 6.31. The zero-order valence-electron chi connectivity index (χ0n) is 12.3. The molecule has 0 saturated heterocycles. The lowest BCUT2D eigenvalue weighted by Crippen LogP contribution is -2.37. The number of pyridine rings is 1. The van der Waals surface area contributed by atoms with E-state index in [2.05, 4.69) is 20.9 Å². The van der Waals surface area contributed by atoms with Crippen LogP contribution in [0.3, 0.4) is 0 Å². The van der Waals surface area contributed by atoms with E-state index in [1.54, 1.807) is 33.0 Å². The number of imide groups is 1. The average molecular weight is 367 g/mol. The van der Waals surface area contributed by atoms with Crippen molar-refractivity contribution in [3.8, 4) is 5.88 Å². The molecule has 2 aromatic rings. The van der Waals surface area contributed by atoms with Crippen molar-refractivity contribution >= 4 is 38.9 Å². The number of ether oxygens (including phenoxy) is 2. The number of amides is 2. The van der Waals surface area contributed by atoms with Crippen LogP contribution in [0.4, 0.5) is 9.59 Å². The van der Waals surface area contributed by atoms with Crippen molar-refractivity contribution in [2.24, 2.45) is 0 Å². The molecule has 0 spiro atoms. The van der Waals surface area contributed by atoms with Crippen LogP contribution >= 0.6 is 15.9 Å². The summed E-state index contributed by atoms with van der Waals surface area (Å²) in [5, 5.41) is 3.72. The molecule has 0 atom stereocenters. The van der Waals surface area contributed by atoms with Gasteiger partial charge in [0.25, 0.3) is 0 Å². The second-order valence-corrected chi connectivity index (χ2v) is 6.35. The van der Waals surface area contributed by atoms with Crippen molar-refractivity contribution in [2.45, 2.75) is 26.4 Å². The molecule has 1 aromatic heterocycles. The molecule has 1 aromatic carbocycles. The number of hydrogen-bond acceptors (Lipinski definition) is 5. The molecule has 7 heteroatoms. The molecule has 22 heavy (non-hydrogen) atoms. The first-order valence-electron chi connectivity index (χ1n) is 6.51. The van der Waals surface area contributed by atoms with Gasteiger partial charge in [0.15, 0.2) is 0 Å². The normalized spacial score (nSPS) is 11.1. The number of carbonyl (C=O) groups is 2. The van der Waals surface area contributed by atoms with Crippen molar-refractivity contribution in [3.05, 3.63) is 34.9 Å². The van der Waals surface area contributed by atoms with Crippen molar-refractivity contribution in [2.75, 3.05) is 0 Å². The highest BCUT2D eigenvalue weighted by Crippen LogP contribution is 2.25. The first-order chi connectivity index (χ1) is 10.2. The second-order valence-electron chi connectivity index (χ2n) is 5.50. The summed E-state index contributed by atoms with van der Waals surface area (Å²) in [6.07, 6.45) is -0.247. The van der Waals surface area contributed by atoms with Crippen molar-refractivity contribution in [1.82, 2.24) is 10.3 Å². The SMILES string of the molecule is CC(C)(C)OC(=O)NC(=O)Oc1cc2c(Br)cccc2cn1. The molecule has 2 rings (SSSR count). The smallest absolute Gasteiger partial charge is 0.423 e. The van der Waals surface area contributed by atoms with Gasteiger partial charge in [-0.25, -0.2) is 19.9 Å². The van der Waals surface area contributed by atoms with Crippen LogP contribution in [-0.2, 0) is 4.74 Å². The van der Waals surface area contributed by atoms with E-state index >= 15 is 0 Å². The van der Waals surface area contributed by atoms with E-state index < -0.39 is 17.8 Å². The Kier molecular flexibility index (Phi) is 4.65. The molecule has 0 radical (unpaired) electrons. The summed E-state index contributed by atoms with van der Waals surface area (Å²) in [4.78, 5) is 27.1. The quantitative estimate of drug-likeness (QED) is 0.824. The number of nitrogens with zero attached hydrogens (tertiary/aromatic N) is 1. The summed E-state index contributed by atoms with van der Waals surface area (Å²) >= 11 is 3.41. The summed E-state index contributed by atoms with van der Waals surface area (Å²) in [5.74, 6) is 0.0838. The summed E-state index contributed by atoms with van der Waals surface area (Å²) < 4.78 is 10.8. The minimum Gasteiger partial charge on any atom is -0.443 e. The molecular weight excluding hydrogens is 352 g/mol. The maximum atomic E-state index is 11.6. The van der Waals surface area contributed by atoms with Gasteiger partial charge >= 0.3 is 12.2 Å². The number of aromatic nitrogens is 1. The van der Waals surface area contributed by atoms with E-state index in [0.717, 1.165) is 15.2 Å². The monoisotopic (exact) mass is 366 g/mol. The van der Waals surface area contributed by atoms with Crippen molar-refractivity contribution < 1.29 is 19.1 Å². The van der Waals surface area contributed by atoms with Gasteiger partial charge < -0.3 is 9.47 Å². The predicted octanol–water partition coefficient (Wildman–Crippen LogP) is 4.02. The number of hydrogen-bond donors (Lipinski definition) is 1. The highest BCUT2D eigenvalue weighted by molar-refractivity contribution is 9.10. The van der Waals surface area contributed by atoms with Gasteiger partial charge in [0, 0.05) is 27.5 Å². The van der Waals surface area contributed by atoms with Gasteiger partial charge in [0.1, 0.15) is 5.60 Å². The Bertz CT molecular complexity index is 725. The lowest BCUT2D eigenvalue weighted by Gasteiger charge is -2.18. The highest BCUT2D eigenvalue weighted by Gasteiger charge is 2.19. The van der Waals surface area contributed by atoms with Gasteiger partial charge in [-0.05, 0) is 26.8 Å². The van der Waals surface area contributed by atoms with Gasteiger partial charge in [-0.1, -0.05) is 28.1 Å². The van der Waals surface area contributed by atoms with Gasteiger partial charge in [0.2, 0.25) is 5.88 Å². The van der Waals surface area contributed by atoms with Gasteiger partial charge in [-0.3, -0.25) is 0 Å². The van der Waals surface area contributed by atoms with Crippen molar-refractivity contribution in [1.29, 1.82) is 0 Å². The zero-order chi connectivity index (χ0) is 16.3. The van der Waals surface area contributed by atoms with E-state index in [4.69, 9.17) is 9.47 Å². The third-order valence-corrected chi connectivity index (χ3v) is 3.18. The maximum absolute atomic E-state index is 11.6. The van der Waals surface area contributed by atoms with Crippen LogP contribution in [0.1, 0.15) is 20.8 Å². The molecule has 0 saturated carbocycles. The molecule has 116 valence electrons. The number of alkyl carbamates (subject to hydrolysis) is 1. The summed E-state index contributed by atoms with van der Waals surface area (Å²) in [6, 6.07) is 7.24. The number of rotatable bonds is 1. The molecule has 1 N–H and O–H groups in total. The third kappa shape index (κ3) is 4.42. The number of carbonyl (C=O) groups excluding carboxylic acids is 2. The van der Waals surface area contributed by atoms with Gasteiger partial charge in [0.05, 0.1) is 0 Å². The fraction of sp³-hybridized carbons (Fsp3) is 0.267. The first-order valence-corrected chi connectivity index (χ1v) is 7.30. The van der Waals surface area contributed by atoms with Crippen LogP contribution in [0.2, 0.25) is 0 Å². The fourth-order valence-corrected chi connectivity index (χ4v) is 2.17. The Morgan fingerprint density at radius 2 is 1.95 bits per heavy atom. The Morgan fingerprint density at radius 3 is 2.64 bits per heavy atom. The minimum atomic E-state index is -0.951. The number of halogens is 1.